The molecule has 12 heteroatoms. The van der Waals surface area contributed by atoms with Gasteiger partial charge in [0, 0.05) is 58.1 Å². The highest BCUT2D eigenvalue weighted by Gasteiger charge is 2.24. The van der Waals surface area contributed by atoms with Gasteiger partial charge in [-0.1, -0.05) is 17.7 Å². The number of halogens is 1. The Kier molecular flexibility index (Phi) is 6.70. The lowest BCUT2D eigenvalue weighted by atomic mass is 10.0. The number of carboxylic acids is 1. The molecule has 3 aromatic heterocycles. The van der Waals surface area contributed by atoms with Crippen molar-refractivity contribution in [3.05, 3.63) is 68.9 Å². The van der Waals surface area contributed by atoms with E-state index >= 15 is 0 Å². The van der Waals surface area contributed by atoms with E-state index in [1.807, 2.05) is 45.3 Å². The van der Waals surface area contributed by atoms with Crippen molar-refractivity contribution in [3.63, 3.8) is 0 Å². The first-order chi connectivity index (χ1) is 18.1. The first-order valence-electron chi connectivity index (χ1n) is 12.3. The number of fused-ring (bicyclic) bond motifs is 1. The van der Waals surface area contributed by atoms with Gasteiger partial charge < -0.3 is 20.2 Å². The van der Waals surface area contributed by atoms with Crippen LogP contribution in [0.4, 0.5) is 17.5 Å². The van der Waals surface area contributed by atoms with Crippen LogP contribution in [0.5, 0.6) is 0 Å². The predicted molar refractivity (Wildman–Crippen MR) is 148 cm³/mol. The van der Waals surface area contributed by atoms with Crippen LogP contribution in [0.1, 0.15) is 34.6 Å². The highest BCUT2D eigenvalue weighted by Crippen LogP contribution is 2.29. The van der Waals surface area contributed by atoms with Crippen LogP contribution >= 0.6 is 11.6 Å². The van der Waals surface area contributed by atoms with Gasteiger partial charge in [0.05, 0.1) is 22.6 Å². The standard InChI is InChI=1S/C26H29ClN8O3/c1-15-13-17(16(2)28-19-5-6-20(27)29-23(19)25(37)38)22-18(14-15)24(36)33(4)26(30-22)35-11-9-34(10-12-35)21-7-8-32(3)31-21/h5-8,13-14,16,28H,9-12H2,1-4H3,(H,37,38)/t16-/m1/s1. The summed E-state index contributed by atoms with van der Waals surface area (Å²) in [5.41, 5.74) is 2.31. The van der Waals surface area contributed by atoms with Crippen LogP contribution < -0.4 is 20.7 Å². The van der Waals surface area contributed by atoms with Gasteiger partial charge in [-0.15, -0.1) is 0 Å². The second kappa shape index (κ2) is 9.97. The zero-order chi connectivity index (χ0) is 27.1. The van der Waals surface area contributed by atoms with Gasteiger partial charge in [-0.25, -0.2) is 14.8 Å². The second-order valence-electron chi connectivity index (χ2n) is 9.55. The minimum absolute atomic E-state index is 0.0968. The number of piperazine rings is 1. The van der Waals surface area contributed by atoms with E-state index in [-0.39, 0.29) is 22.4 Å². The summed E-state index contributed by atoms with van der Waals surface area (Å²) in [4.78, 5) is 38.5. The minimum atomic E-state index is -1.18. The Labute approximate surface area is 224 Å². The van der Waals surface area contributed by atoms with Crippen molar-refractivity contribution in [2.45, 2.75) is 19.9 Å². The molecule has 0 bridgehead atoms. The van der Waals surface area contributed by atoms with Crippen molar-refractivity contribution in [3.8, 4) is 0 Å². The third-order valence-electron chi connectivity index (χ3n) is 6.82. The number of benzene rings is 1. The first kappa shape index (κ1) is 25.5. The van der Waals surface area contributed by atoms with E-state index in [1.54, 1.807) is 22.4 Å². The van der Waals surface area contributed by atoms with Crippen LogP contribution in [0.3, 0.4) is 0 Å². The van der Waals surface area contributed by atoms with Gasteiger partial charge in [0.25, 0.3) is 5.56 Å². The molecule has 1 aliphatic heterocycles. The van der Waals surface area contributed by atoms with E-state index in [0.717, 1.165) is 30.0 Å². The molecule has 0 spiro atoms. The fourth-order valence-electron chi connectivity index (χ4n) is 4.89. The average Bonchev–Trinajstić information content (AvgIpc) is 3.33. The summed E-state index contributed by atoms with van der Waals surface area (Å²) in [6, 6.07) is 8.57. The van der Waals surface area contributed by atoms with Crippen molar-refractivity contribution < 1.29 is 9.90 Å². The van der Waals surface area contributed by atoms with Crippen molar-refractivity contribution in [2.24, 2.45) is 14.1 Å². The van der Waals surface area contributed by atoms with Crippen molar-refractivity contribution in [2.75, 3.05) is 41.3 Å². The Morgan fingerprint density at radius 1 is 1.08 bits per heavy atom. The summed E-state index contributed by atoms with van der Waals surface area (Å²) in [7, 11) is 3.65. The van der Waals surface area contributed by atoms with Gasteiger partial charge in [-0.3, -0.25) is 14.0 Å². The Hall–Kier alpha value is -4.12. The number of nitrogens with one attached hydrogen (secondary N) is 1. The number of aromatic nitrogens is 5. The number of aromatic carboxylic acids is 1. The Morgan fingerprint density at radius 3 is 2.45 bits per heavy atom. The monoisotopic (exact) mass is 536 g/mol. The van der Waals surface area contributed by atoms with E-state index in [4.69, 9.17) is 16.6 Å². The van der Waals surface area contributed by atoms with Crippen LogP contribution in [-0.4, -0.2) is 61.6 Å². The largest absolute Gasteiger partial charge is 0.476 e. The lowest BCUT2D eigenvalue weighted by Crippen LogP contribution is -2.48. The fraction of sp³-hybridized carbons (Fsp3) is 0.346. The maximum absolute atomic E-state index is 13.5. The van der Waals surface area contributed by atoms with E-state index < -0.39 is 5.97 Å². The number of nitrogens with zero attached hydrogens (tertiary/aromatic N) is 7. The quantitative estimate of drug-likeness (QED) is 0.358. The fourth-order valence-corrected chi connectivity index (χ4v) is 5.03. The lowest BCUT2D eigenvalue weighted by molar-refractivity contribution is 0.0691. The Balaban J connectivity index is 1.50. The minimum Gasteiger partial charge on any atom is -0.476 e. The van der Waals surface area contributed by atoms with Crippen LogP contribution in [0, 0.1) is 6.92 Å². The average molecular weight is 537 g/mol. The molecule has 4 heterocycles. The number of hydrogen-bond donors (Lipinski definition) is 2. The molecule has 0 unspecified atom stereocenters. The topological polar surface area (TPSA) is 121 Å². The lowest BCUT2D eigenvalue weighted by Gasteiger charge is -2.36. The molecule has 198 valence electrons. The molecule has 5 rings (SSSR count). The summed E-state index contributed by atoms with van der Waals surface area (Å²) >= 11 is 5.92. The van der Waals surface area contributed by atoms with Crippen molar-refractivity contribution in [1.82, 2.24) is 24.3 Å². The molecule has 0 radical (unpaired) electrons. The van der Waals surface area contributed by atoms with Crippen LogP contribution in [-0.2, 0) is 14.1 Å². The molecular formula is C26H29ClN8O3. The van der Waals surface area contributed by atoms with E-state index in [9.17, 15) is 14.7 Å². The zero-order valence-corrected chi connectivity index (χ0v) is 22.4. The number of rotatable bonds is 6. The second-order valence-corrected chi connectivity index (χ2v) is 9.94. The van der Waals surface area contributed by atoms with E-state index in [1.165, 1.54) is 6.07 Å². The molecule has 0 saturated carbocycles. The Morgan fingerprint density at radius 2 is 1.79 bits per heavy atom. The van der Waals surface area contributed by atoms with Crippen LogP contribution in [0.15, 0.2) is 41.3 Å². The number of aryl methyl sites for hydroxylation is 2. The molecule has 0 aliphatic carbocycles. The first-order valence-corrected chi connectivity index (χ1v) is 12.7. The summed E-state index contributed by atoms with van der Waals surface area (Å²) in [6.07, 6.45) is 1.93. The van der Waals surface area contributed by atoms with Crippen LogP contribution in [0.2, 0.25) is 5.15 Å². The third kappa shape index (κ3) is 4.76. The maximum atomic E-state index is 13.5. The summed E-state index contributed by atoms with van der Waals surface area (Å²) in [5.74, 6) is 0.345. The maximum Gasteiger partial charge on any atom is 0.356 e. The van der Waals surface area contributed by atoms with Crippen molar-refractivity contribution >= 4 is 45.9 Å². The molecule has 38 heavy (non-hydrogen) atoms. The normalized spacial score (nSPS) is 14.7. The number of anilines is 3. The van der Waals surface area contributed by atoms with E-state index in [0.29, 0.717) is 35.6 Å². The molecule has 0 amide bonds. The van der Waals surface area contributed by atoms with Gasteiger partial charge in [0.1, 0.15) is 5.15 Å². The summed E-state index contributed by atoms with van der Waals surface area (Å²) in [5, 5.41) is 17.9. The number of hydrogen-bond acceptors (Lipinski definition) is 8. The van der Waals surface area contributed by atoms with Gasteiger partial charge in [0.2, 0.25) is 5.95 Å². The smallest absolute Gasteiger partial charge is 0.356 e. The highest BCUT2D eigenvalue weighted by atomic mass is 35.5. The van der Waals surface area contributed by atoms with Gasteiger partial charge >= 0.3 is 5.97 Å². The number of carbonyl (C=O) groups is 1. The predicted octanol–water partition coefficient (Wildman–Crippen LogP) is 3.22. The van der Waals surface area contributed by atoms with Crippen molar-refractivity contribution in [1.29, 1.82) is 0 Å². The molecule has 2 N–H and O–H groups in total. The molecular weight excluding hydrogens is 508 g/mol. The van der Waals surface area contributed by atoms with Gasteiger partial charge in [-0.05, 0) is 37.6 Å². The molecule has 1 aliphatic rings. The zero-order valence-electron chi connectivity index (χ0n) is 21.6. The summed E-state index contributed by atoms with van der Waals surface area (Å²) < 4.78 is 3.39. The van der Waals surface area contributed by atoms with Gasteiger partial charge in [0.15, 0.2) is 11.5 Å². The van der Waals surface area contributed by atoms with Gasteiger partial charge in [-0.2, -0.15) is 5.10 Å². The Bertz CT molecular complexity index is 1590. The van der Waals surface area contributed by atoms with Crippen LogP contribution in [0.25, 0.3) is 10.9 Å². The molecule has 1 aromatic carbocycles. The molecule has 1 atom stereocenters. The SMILES string of the molecule is Cc1cc([C@@H](C)Nc2ccc(Cl)nc2C(=O)O)c2nc(N3CCN(c4ccn(C)n4)CC3)n(C)c(=O)c2c1. The number of pyridine rings is 1. The van der Waals surface area contributed by atoms with E-state index in [2.05, 4.69) is 25.2 Å². The molecule has 4 aromatic rings. The third-order valence-corrected chi connectivity index (χ3v) is 7.03. The summed E-state index contributed by atoms with van der Waals surface area (Å²) in [6.45, 7) is 6.72. The molecule has 1 saturated heterocycles. The molecule has 11 nitrogen and oxygen atoms in total. The number of carboxylic acid groups (broad SMARTS) is 1. The highest BCUT2D eigenvalue weighted by molar-refractivity contribution is 6.29. The molecule has 1 fully saturated rings.